The topological polar surface area (TPSA) is 54.0 Å². The van der Waals surface area contributed by atoms with Crippen LogP contribution in [0, 0.1) is 0 Å². The molecule has 1 aromatic rings. The van der Waals surface area contributed by atoms with Crippen molar-refractivity contribution in [1.82, 2.24) is 0 Å². The van der Waals surface area contributed by atoms with E-state index in [1.54, 1.807) is 7.11 Å². The van der Waals surface area contributed by atoms with Gasteiger partial charge in [-0.3, -0.25) is 0 Å². The Morgan fingerprint density at radius 3 is 2.50 bits per heavy atom. The Bertz CT molecular complexity index is 468. The van der Waals surface area contributed by atoms with Crippen LogP contribution in [0.4, 0.5) is 0 Å². The van der Waals surface area contributed by atoms with E-state index < -0.39 is 5.79 Å². The molecular weight excluding hydrogens is 284 g/mol. The van der Waals surface area contributed by atoms with Gasteiger partial charge in [-0.2, -0.15) is 0 Å². The van der Waals surface area contributed by atoms with Crippen molar-refractivity contribution in [3.63, 3.8) is 0 Å². The lowest BCUT2D eigenvalue weighted by atomic mass is 10.1. The van der Waals surface area contributed by atoms with E-state index in [1.807, 2.05) is 38.1 Å². The lowest BCUT2D eigenvalue weighted by Gasteiger charge is -2.16. The second-order valence-electron chi connectivity index (χ2n) is 5.80. The third-order valence-electron chi connectivity index (χ3n) is 3.59. The van der Waals surface area contributed by atoms with Crippen LogP contribution < -0.4 is 4.74 Å². The van der Waals surface area contributed by atoms with E-state index >= 15 is 0 Å². The van der Waals surface area contributed by atoms with Gasteiger partial charge in [-0.1, -0.05) is 12.1 Å². The highest BCUT2D eigenvalue weighted by atomic mass is 16.8. The third-order valence-corrected chi connectivity index (χ3v) is 3.59. The minimum absolute atomic E-state index is 0.101. The fourth-order valence-corrected chi connectivity index (χ4v) is 2.56. The average molecular weight is 308 g/mol. The van der Waals surface area contributed by atoms with E-state index in [0.29, 0.717) is 26.1 Å². The van der Waals surface area contributed by atoms with Gasteiger partial charge in [-0.05, 0) is 38.0 Å². The number of rotatable bonds is 8. The van der Waals surface area contributed by atoms with Crippen molar-refractivity contribution < 1.29 is 23.7 Å². The second-order valence-corrected chi connectivity index (χ2v) is 5.80. The quantitative estimate of drug-likeness (QED) is 0.546. The molecule has 1 aliphatic rings. The monoisotopic (exact) mass is 308 g/mol. The molecule has 5 nitrogen and oxygen atoms in total. The van der Waals surface area contributed by atoms with Gasteiger partial charge in [0, 0.05) is 13.0 Å². The first-order valence-electron chi connectivity index (χ1n) is 7.54. The molecule has 1 fully saturated rings. The largest absolute Gasteiger partial charge is 0.497 e. The van der Waals surface area contributed by atoms with Crippen LogP contribution in [0.3, 0.4) is 0 Å². The fraction of sp³-hybridized carbons (Fsp3) is 0.588. The summed E-state index contributed by atoms with van der Waals surface area (Å²) in [4.78, 5) is 10.7. The van der Waals surface area contributed by atoms with Crippen LogP contribution in [0.2, 0.25) is 0 Å². The van der Waals surface area contributed by atoms with E-state index in [2.05, 4.69) is 0 Å². The summed E-state index contributed by atoms with van der Waals surface area (Å²) in [7, 11) is 1.65. The van der Waals surface area contributed by atoms with Crippen LogP contribution in [-0.2, 0) is 25.6 Å². The molecule has 0 radical (unpaired) electrons. The smallest absolute Gasteiger partial charge is 0.163 e. The van der Waals surface area contributed by atoms with Gasteiger partial charge in [0.1, 0.15) is 12.0 Å². The summed E-state index contributed by atoms with van der Waals surface area (Å²) in [6, 6.07) is 7.78. The van der Waals surface area contributed by atoms with E-state index in [4.69, 9.17) is 18.9 Å². The standard InChI is InChI=1S/C17H24O5/c1-17(2)21-15(8-10-18)16(22-17)9-11-20-12-13-4-6-14(19-3)7-5-13/h4-7,10,15-16H,8-9,11-12H2,1-3H3/t15-,16+/m1/s1. The second kappa shape index (κ2) is 7.72. The molecule has 2 rings (SSSR count). The molecule has 0 spiro atoms. The average Bonchev–Trinajstić information content (AvgIpc) is 2.79. The summed E-state index contributed by atoms with van der Waals surface area (Å²) < 4.78 is 22.3. The highest BCUT2D eigenvalue weighted by Gasteiger charge is 2.40. The molecule has 1 saturated heterocycles. The zero-order chi connectivity index (χ0) is 16.0. The predicted octanol–water partition coefficient (Wildman–Crippen LogP) is 2.71. The van der Waals surface area contributed by atoms with Gasteiger partial charge in [-0.15, -0.1) is 0 Å². The zero-order valence-corrected chi connectivity index (χ0v) is 13.4. The number of aldehydes is 1. The maximum Gasteiger partial charge on any atom is 0.163 e. The highest BCUT2D eigenvalue weighted by Crippen LogP contribution is 2.31. The minimum atomic E-state index is -0.631. The number of hydrogen-bond donors (Lipinski definition) is 0. The van der Waals surface area contributed by atoms with Crippen LogP contribution >= 0.6 is 0 Å². The fourth-order valence-electron chi connectivity index (χ4n) is 2.56. The zero-order valence-electron chi connectivity index (χ0n) is 13.4. The number of benzene rings is 1. The maximum absolute atomic E-state index is 10.7. The molecule has 22 heavy (non-hydrogen) atoms. The van der Waals surface area contributed by atoms with Crippen molar-refractivity contribution >= 4 is 6.29 Å². The summed E-state index contributed by atoms with van der Waals surface area (Å²) in [5, 5.41) is 0. The lowest BCUT2D eigenvalue weighted by Crippen LogP contribution is -2.24. The molecule has 1 aromatic carbocycles. The number of carbonyl (C=O) groups excluding carboxylic acids is 1. The predicted molar refractivity (Wildman–Crippen MR) is 81.8 cm³/mol. The molecular formula is C17H24O5. The SMILES string of the molecule is COc1ccc(COCC[C@@H]2OC(C)(C)O[C@@H]2CC=O)cc1. The Hall–Kier alpha value is -1.43. The van der Waals surface area contributed by atoms with Gasteiger partial charge < -0.3 is 23.7 Å². The molecule has 0 saturated carbocycles. The molecule has 0 bridgehead atoms. The molecule has 0 N–H and O–H groups in total. The van der Waals surface area contributed by atoms with Crippen molar-refractivity contribution in [3.8, 4) is 5.75 Å². The first-order chi connectivity index (χ1) is 10.5. The van der Waals surface area contributed by atoms with Gasteiger partial charge in [0.15, 0.2) is 5.79 Å². The Balaban J connectivity index is 1.74. The molecule has 1 heterocycles. The lowest BCUT2D eigenvalue weighted by molar-refractivity contribution is -0.148. The molecule has 0 unspecified atom stereocenters. The Labute approximate surface area is 131 Å². The van der Waals surface area contributed by atoms with Gasteiger partial charge in [-0.25, -0.2) is 0 Å². The first kappa shape index (κ1) is 16.9. The number of ether oxygens (including phenoxy) is 4. The summed E-state index contributed by atoms with van der Waals surface area (Å²) in [5.74, 6) is 0.202. The van der Waals surface area contributed by atoms with Crippen molar-refractivity contribution in [2.45, 2.75) is 51.3 Å². The van der Waals surface area contributed by atoms with Crippen molar-refractivity contribution in [2.24, 2.45) is 0 Å². The molecule has 0 aromatic heterocycles. The molecule has 122 valence electrons. The number of hydrogen-bond acceptors (Lipinski definition) is 5. The van der Waals surface area contributed by atoms with Crippen molar-refractivity contribution in [3.05, 3.63) is 29.8 Å². The minimum Gasteiger partial charge on any atom is -0.497 e. The third kappa shape index (κ3) is 4.80. The number of carbonyl (C=O) groups is 1. The van der Waals surface area contributed by atoms with E-state index in [-0.39, 0.29) is 12.2 Å². The van der Waals surface area contributed by atoms with E-state index in [9.17, 15) is 4.79 Å². The van der Waals surface area contributed by atoms with Crippen LogP contribution in [0.15, 0.2) is 24.3 Å². The maximum atomic E-state index is 10.7. The molecule has 5 heteroatoms. The number of methoxy groups -OCH3 is 1. The summed E-state index contributed by atoms with van der Waals surface area (Å²) in [6.07, 6.45) is 1.65. The van der Waals surface area contributed by atoms with Crippen LogP contribution in [-0.4, -0.2) is 38.0 Å². The van der Waals surface area contributed by atoms with Gasteiger partial charge in [0.05, 0.1) is 25.9 Å². The first-order valence-corrected chi connectivity index (χ1v) is 7.54. The van der Waals surface area contributed by atoms with Gasteiger partial charge in [0.25, 0.3) is 0 Å². The van der Waals surface area contributed by atoms with E-state index in [0.717, 1.165) is 17.6 Å². The van der Waals surface area contributed by atoms with Crippen molar-refractivity contribution in [1.29, 1.82) is 0 Å². The van der Waals surface area contributed by atoms with Crippen LogP contribution in [0.5, 0.6) is 5.75 Å². The Morgan fingerprint density at radius 1 is 1.18 bits per heavy atom. The molecule has 1 aliphatic heterocycles. The summed E-state index contributed by atoms with van der Waals surface area (Å²) in [6.45, 7) is 4.83. The van der Waals surface area contributed by atoms with Crippen LogP contribution in [0.25, 0.3) is 0 Å². The van der Waals surface area contributed by atoms with E-state index in [1.165, 1.54) is 0 Å². The van der Waals surface area contributed by atoms with Gasteiger partial charge in [0.2, 0.25) is 0 Å². The Morgan fingerprint density at radius 2 is 1.86 bits per heavy atom. The van der Waals surface area contributed by atoms with Gasteiger partial charge >= 0.3 is 0 Å². The van der Waals surface area contributed by atoms with Crippen LogP contribution in [0.1, 0.15) is 32.3 Å². The van der Waals surface area contributed by atoms with Crippen molar-refractivity contribution in [2.75, 3.05) is 13.7 Å². The molecule has 0 amide bonds. The summed E-state index contributed by atoms with van der Waals surface area (Å²) >= 11 is 0. The molecule has 0 aliphatic carbocycles. The Kier molecular flexibility index (Phi) is 5.94. The highest BCUT2D eigenvalue weighted by molar-refractivity contribution is 5.50. The molecule has 2 atom stereocenters. The normalized spacial score (nSPS) is 23.4. The summed E-state index contributed by atoms with van der Waals surface area (Å²) in [5.41, 5.74) is 1.09.